The van der Waals surface area contributed by atoms with Gasteiger partial charge < -0.3 is 0 Å². The molecule has 5 heteroatoms. The van der Waals surface area contributed by atoms with Crippen LogP contribution in [0.15, 0.2) is 17.0 Å². The van der Waals surface area contributed by atoms with Crippen molar-refractivity contribution in [1.82, 2.24) is 0 Å². The van der Waals surface area contributed by atoms with Crippen molar-refractivity contribution in [2.45, 2.75) is 4.90 Å². The molecule has 1 aromatic carbocycles. The van der Waals surface area contributed by atoms with E-state index >= 15 is 0 Å². The molecular weight excluding hydrogens is 211 g/mol. The van der Waals surface area contributed by atoms with Crippen molar-refractivity contribution in [2.75, 3.05) is 0 Å². The first kappa shape index (κ1) is 13.6. The van der Waals surface area contributed by atoms with E-state index in [1.54, 1.807) is 0 Å². The number of hydrogen-bond acceptors (Lipinski definition) is 4. The Kier molecular flexibility index (Phi) is 5.95. The molecule has 0 bridgehead atoms. The zero-order valence-electron chi connectivity index (χ0n) is 7.56. The normalized spacial score (nSPS) is 8.64. The van der Waals surface area contributed by atoms with Gasteiger partial charge in [-0.2, -0.15) is 0 Å². The first-order valence-corrected chi connectivity index (χ1v) is 3.90. The van der Waals surface area contributed by atoms with E-state index in [0.717, 1.165) is 0 Å². The molecule has 0 saturated carbocycles. The molecule has 0 heterocycles. The maximum absolute atomic E-state index is 10.5. The molecule has 0 unspecified atom stereocenters. The van der Waals surface area contributed by atoms with Crippen LogP contribution in [0.25, 0.3) is 0 Å². The number of carbonyl (C=O) groups is 3. The summed E-state index contributed by atoms with van der Waals surface area (Å²) in [7, 11) is 0. The fourth-order valence-corrected chi connectivity index (χ4v) is 1.19. The molecule has 14 heavy (non-hydrogen) atoms. The monoisotopic (exact) mass is 217 g/mol. The predicted octanol–water partition coefficient (Wildman–Crippen LogP) is -1.58. The molecule has 0 spiro atoms. The minimum atomic E-state index is 0. The zero-order chi connectivity index (χ0) is 9.84. The van der Waals surface area contributed by atoms with Crippen molar-refractivity contribution in [1.29, 1.82) is 0 Å². The number of aldehydes is 3. The molecule has 0 aliphatic carbocycles. The summed E-state index contributed by atoms with van der Waals surface area (Å²) < 4.78 is 0. The minimum absolute atomic E-state index is 0. The first-order chi connectivity index (χ1) is 6.22. The summed E-state index contributed by atoms with van der Waals surface area (Å²) in [6.45, 7) is 0. The predicted molar refractivity (Wildman–Crippen MR) is 49.9 cm³/mol. The van der Waals surface area contributed by atoms with E-state index in [2.05, 4.69) is 12.6 Å². The average Bonchev–Trinajstić information content (AvgIpc) is 2.18. The van der Waals surface area contributed by atoms with E-state index in [1.165, 1.54) is 12.1 Å². The fraction of sp³-hybridized carbons (Fsp3) is 0. The van der Waals surface area contributed by atoms with Crippen LogP contribution < -0.4 is 29.6 Å². The molecule has 0 aliphatic rings. The standard InChI is InChI=1S/C9H6O3S.Na/c10-3-6-1-7(4-11)9(13)8(2-6)5-12;/h1-5,13H;/q;+1. The summed E-state index contributed by atoms with van der Waals surface area (Å²) in [5, 5.41) is 0. The summed E-state index contributed by atoms with van der Waals surface area (Å²) in [6.07, 6.45) is 1.69. The average molecular weight is 217 g/mol. The van der Waals surface area contributed by atoms with Gasteiger partial charge in [0.05, 0.1) is 0 Å². The van der Waals surface area contributed by atoms with Gasteiger partial charge in [0.2, 0.25) is 0 Å². The number of thiol groups is 1. The van der Waals surface area contributed by atoms with E-state index < -0.39 is 0 Å². The molecule has 0 aliphatic heterocycles. The topological polar surface area (TPSA) is 51.2 Å². The van der Waals surface area contributed by atoms with Crippen molar-refractivity contribution >= 4 is 31.5 Å². The largest absolute Gasteiger partial charge is 1.00 e. The molecule has 0 fully saturated rings. The molecule has 66 valence electrons. The summed E-state index contributed by atoms with van der Waals surface area (Å²) in [6, 6.07) is 2.77. The van der Waals surface area contributed by atoms with E-state index in [0.29, 0.717) is 29.3 Å². The third-order valence-electron chi connectivity index (χ3n) is 1.58. The summed E-state index contributed by atoms with van der Waals surface area (Å²) >= 11 is 3.98. The number of carbonyl (C=O) groups excluding carboxylic acids is 3. The summed E-state index contributed by atoms with van der Waals surface area (Å²) in [4.78, 5) is 31.7. The van der Waals surface area contributed by atoms with Crippen LogP contribution in [0.3, 0.4) is 0 Å². The van der Waals surface area contributed by atoms with Crippen molar-refractivity contribution in [3.8, 4) is 0 Å². The van der Waals surface area contributed by atoms with Gasteiger partial charge in [0.15, 0.2) is 12.6 Å². The number of rotatable bonds is 3. The van der Waals surface area contributed by atoms with Crippen molar-refractivity contribution in [3.05, 3.63) is 28.8 Å². The SMILES string of the molecule is O=Cc1cc(C=O)c(S)c(C=O)c1.[Na+]. The number of hydrogen-bond donors (Lipinski definition) is 1. The van der Waals surface area contributed by atoms with E-state index in [1.807, 2.05) is 0 Å². The Labute approximate surface area is 109 Å². The van der Waals surface area contributed by atoms with Crippen molar-refractivity contribution in [2.24, 2.45) is 0 Å². The van der Waals surface area contributed by atoms with Crippen LogP contribution in [0, 0.1) is 0 Å². The van der Waals surface area contributed by atoms with E-state index in [-0.39, 0.29) is 40.7 Å². The van der Waals surface area contributed by atoms with Crippen LogP contribution in [-0.4, -0.2) is 18.9 Å². The molecular formula is C9H6NaO3S+. The molecule has 1 rings (SSSR count). The van der Waals surface area contributed by atoms with Gasteiger partial charge in [0, 0.05) is 21.6 Å². The smallest absolute Gasteiger partial charge is 0.298 e. The van der Waals surface area contributed by atoms with Crippen LogP contribution in [0.5, 0.6) is 0 Å². The molecule has 3 nitrogen and oxygen atoms in total. The van der Waals surface area contributed by atoms with Crippen LogP contribution in [0.2, 0.25) is 0 Å². The van der Waals surface area contributed by atoms with Gasteiger partial charge in [0.25, 0.3) is 0 Å². The van der Waals surface area contributed by atoms with Gasteiger partial charge in [0.1, 0.15) is 6.29 Å². The zero-order valence-corrected chi connectivity index (χ0v) is 10.5. The Morgan fingerprint density at radius 2 is 1.36 bits per heavy atom. The Morgan fingerprint density at radius 3 is 1.64 bits per heavy atom. The van der Waals surface area contributed by atoms with Gasteiger partial charge in [-0.25, -0.2) is 0 Å². The van der Waals surface area contributed by atoms with Crippen LogP contribution in [-0.2, 0) is 0 Å². The summed E-state index contributed by atoms with van der Waals surface area (Å²) in [5.74, 6) is 0. The number of benzene rings is 1. The van der Waals surface area contributed by atoms with Gasteiger partial charge in [-0.05, 0) is 12.1 Å². The second-order valence-corrected chi connectivity index (χ2v) is 2.85. The van der Waals surface area contributed by atoms with E-state index in [9.17, 15) is 14.4 Å². The summed E-state index contributed by atoms with van der Waals surface area (Å²) in [5.41, 5.74) is 0.784. The molecule has 0 atom stereocenters. The van der Waals surface area contributed by atoms with Crippen LogP contribution in [0.4, 0.5) is 0 Å². The second kappa shape index (κ2) is 6.14. The Morgan fingerprint density at radius 1 is 0.929 bits per heavy atom. The second-order valence-electron chi connectivity index (χ2n) is 2.40. The molecule has 0 saturated heterocycles. The minimum Gasteiger partial charge on any atom is -0.298 e. The van der Waals surface area contributed by atoms with Crippen LogP contribution >= 0.6 is 12.6 Å². The Hall–Kier alpha value is -0.420. The van der Waals surface area contributed by atoms with Crippen LogP contribution in [0.1, 0.15) is 31.1 Å². The molecule has 1 aromatic rings. The van der Waals surface area contributed by atoms with Gasteiger partial charge >= 0.3 is 29.6 Å². The van der Waals surface area contributed by atoms with Gasteiger partial charge in [-0.1, -0.05) is 0 Å². The third-order valence-corrected chi connectivity index (χ3v) is 2.10. The Bertz CT molecular complexity index is 347. The maximum atomic E-state index is 10.5. The molecule has 0 N–H and O–H groups in total. The van der Waals surface area contributed by atoms with E-state index in [4.69, 9.17) is 0 Å². The molecule has 0 aromatic heterocycles. The molecule has 0 radical (unpaired) electrons. The van der Waals surface area contributed by atoms with Gasteiger partial charge in [-0.15, -0.1) is 12.6 Å². The quantitative estimate of drug-likeness (QED) is 0.377. The first-order valence-electron chi connectivity index (χ1n) is 3.45. The Balaban J connectivity index is 0.00000169. The maximum Gasteiger partial charge on any atom is 1.00 e. The van der Waals surface area contributed by atoms with Crippen molar-refractivity contribution in [3.63, 3.8) is 0 Å². The fourth-order valence-electron chi connectivity index (χ4n) is 0.952. The molecule has 0 amide bonds. The van der Waals surface area contributed by atoms with Gasteiger partial charge in [-0.3, -0.25) is 14.4 Å². The van der Waals surface area contributed by atoms with Crippen molar-refractivity contribution < 1.29 is 43.9 Å². The third kappa shape index (κ3) is 2.78.